The molecular formula is C20H23FN6O4S2. The molecule has 1 amide bonds. The second-order valence-electron chi connectivity index (χ2n) is 7.76. The van der Waals surface area contributed by atoms with Crippen molar-refractivity contribution in [2.75, 3.05) is 49.1 Å². The molecule has 1 aromatic carbocycles. The van der Waals surface area contributed by atoms with E-state index in [0.29, 0.717) is 50.6 Å². The van der Waals surface area contributed by atoms with Gasteiger partial charge in [-0.15, -0.1) is 0 Å². The zero-order valence-electron chi connectivity index (χ0n) is 17.6. The number of carbonyl (C=O) groups excluding carboxylic acids is 1. The van der Waals surface area contributed by atoms with Crippen molar-refractivity contribution in [2.45, 2.75) is 12.6 Å². The smallest absolute Gasteiger partial charge is 0.414 e. The van der Waals surface area contributed by atoms with Gasteiger partial charge in [-0.3, -0.25) is 19.9 Å². The molecule has 10 nitrogen and oxygen atoms in total. The third-order valence-electron chi connectivity index (χ3n) is 5.54. The van der Waals surface area contributed by atoms with Gasteiger partial charge < -0.3 is 20.7 Å². The average molecular weight is 495 g/mol. The summed E-state index contributed by atoms with van der Waals surface area (Å²) >= 11 is 5.94. The molecule has 0 bridgehead atoms. The Balaban J connectivity index is 1.33. The molecule has 3 heterocycles. The van der Waals surface area contributed by atoms with Gasteiger partial charge in [-0.25, -0.2) is 9.18 Å². The first-order valence-corrected chi connectivity index (χ1v) is 11.5. The van der Waals surface area contributed by atoms with Gasteiger partial charge in [0.15, 0.2) is 5.11 Å². The number of amides is 1. The molecule has 0 saturated carbocycles. The molecule has 0 spiro atoms. The number of halogens is 1. The highest BCUT2D eigenvalue weighted by molar-refractivity contribution is 7.80. The van der Waals surface area contributed by atoms with Crippen molar-refractivity contribution < 1.29 is 18.8 Å². The lowest BCUT2D eigenvalue weighted by atomic mass is 10.2. The van der Waals surface area contributed by atoms with Crippen LogP contribution in [-0.2, 0) is 11.3 Å². The number of nitrogens with one attached hydrogen (secondary N) is 1. The molecule has 2 aliphatic rings. The van der Waals surface area contributed by atoms with Crippen LogP contribution in [0.1, 0.15) is 4.88 Å². The van der Waals surface area contributed by atoms with Crippen molar-refractivity contribution in [2.24, 2.45) is 5.73 Å². The number of nitrogens with zero attached hydrogens (tertiary/aromatic N) is 4. The summed E-state index contributed by atoms with van der Waals surface area (Å²) in [4.78, 5) is 29.1. The standard InChI is InChI=1S/C20H23FN6O4S2/c21-16-9-13(26-11-14(31-20(26)28)10-23-19(22)32)1-3-17(16)25-7-5-24(6-8-25)12-15-2-4-18(33-15)27(29)30/h1-4,9,14H,5-8,10-12H2,(H3,22,23,32). The molecule has 2 aromatic rings. The Kier molecular flexibility index (Phi) is 6.91. The van der Waals surface area contributed by atoms with Crippen LogP contribution in [-0.4, -0.2) is 66.4 Å². The fraction of sp³-hybridized carbons (Fsp3) is 0.400. The summed E-state index contributed by atoms with van der Waals surface area (Å²) in [6.45, 7) is 3.88. The number of anilines is 2. The Morgan fingerprint density at radius 3 is 2.70 bits per heavy atom. The number of carbonyl (C=O) groups is 1. The summed E-state index contributed by atoms with van der Waals surface area (Å²) in [5.41, 5.74) is 6.31. The van der Waals surface area contributed by atoms with Crippen LogP contribution in [0, 0.1) is 15.9 Å². The number of hydrogen-bond acceptors (Lipinski definition) is 8. The Hall–Kier alpha value is -3.03. The maximum atomic E-state index is 14.9. The first-order chi connectivity index (χ1) is 15.8. The van der Waals surface area contributed by atoms with E-state index in [1.165, 1.54) is 28.4 Å². The Morgan fingerprint density at radius 2 is 2.06 bits per heavy atom. The second-order valence-corrected chi connectivity index (χ2v) is 9.34. The highest BCUT2D eigenvalue weighted by Gasteiger charge is 2.33. The van der Waals surface area contributed by atoms with Gasteiger partial charge in [0.25, 0.3) is 0 Å². The van der Waals surface area contributed by atoms with Crippen LogP contribution in [0.5, 0.6) is 0 Å². The van der Waals surface area contributed by atoms with Gasteiger partial charge in [-0.1, -0.05) is 11.3 Å². The van der Waals surface area contributed by atoms with Gasteiger partial charge in [0.1, 0.15) is 11.9 Å². The van der Waals surface area contributed by atoms with Crippen LogP contribution in [0.2, 0.25) is 0 Å². The lowest BCUT2D eigenvalue weighted by molar-refractivity contribution is -0.380. The predicted molar refractivity (Wildman–Crippen MR) is 127 cm³/mol. The molecule has 0 radical (unpaired) electrons. The topological polar surface area (TPSA) is 117 Å². The summed E-state index contributed by atoms with van der Waals surface area (Å²) in [5, 5.41) is 13.9. The molecule has 2 aliphatic heterocycles. The number of ether oxygens (including phenoxy) is 1. The highest BCUT2D eigenvalue weighted by atomic mass is 32.1. The van der Waals surface area contributed by atoms with Gasteiger partial charge in [0, 0.05) is 43.7 Å². The molecule has 2 saturated heterocycles. The molecule has 1 atom stereocenters. The number of piperazine rings is 1. The summed E-state index contributed by atoms with van der Waals surface area (Å²) in [7, 11) is 0. The van der Waals surface area contributed by atoms with Crippen molar-refractivity contribution in [1.29, 1.82) is 0 Å². The molecule has 1 unspecified atom stereocenters. The third kappa shape index (κ3) is 5.49. The van der Waals surface area contributed by atoms with Gasteiger partial charge in [0.05, 0.1) is 29.4 Å². The van der Waals surface area contributed by atoms with Gasteiger partial charge >= 0.3 is 11.1 Å². The molecule has 3 N–H and O–H groups in total. The van der Waals surface area contributed by atoms with Crippen LogP contribution in [0.15, 0.2) is 30.3 Å². The van der Waals surface area contributed by atoms with Crippen LogP contribution in [0.4, 0.5) is 25.6 Å². The monoisotopic (exact) mass is 494 g/mol. The van der Waals surface area contributed by atoms with Crippen molar-refractivity contribution in [1.82, 2.24) is 10.2 Å². The normalized spacial score (nSPS) is 18.9. The van der Waals surface area contributed by atoms with E-state index in [4.69, 9.17) is 22.7 Å². The van der Waals surface area contributed by atoms with E-state index >= 15 is 0 Å². The number of hydrogen-bond donors (Lipinski definition) is 2. The number of thiophene rings is 1. The van der Waals surface area contributed by atoms with E-state index in [1.807, 2.05) is 4.90 Å². The van der Waals surface area contributed by atoms with Crippen molar-refractivity contribution in [3.63, 3.8) is 0 Å². The van der Waals surface area contributed by atoms with E-state index in [0.717, 1.165) is 4.88 Å². The number of nitrogens with two attached hydrogens (primary N) is 1. The molecule has 1 aromatic heterocycles. The van der Waals surface area contributed by atoms with Crippen molar-refractivity contribution >= 4 is 51.1 Å². The molecule has 33 heavy (non-hydrogen) atoms. The fourth-order valence-electron chi connectivity index (χ4n) is 3.89. The van der Waals surface area contributed by atoms with E-state index < -0.39 is 18.0 Å². The van der Waals surface area contributed by atoms with Crippen LogP contribution in [0.25, 0.3) is 0 Å². The Bertz CT molecular complexity index is 1060. The van der Waals surface area contributed by atoms with Crippen LogP contribution in [0.3, 0.4) is 0 Å². The Morgan fingerprint density at radius 1 is 1.30 bits per heavy atom. The molecule has 13 heteroatoms. The maximum absolute atomic E-state index is 14.9. The minimum Gasteiger partial charge on any atom is -0.442 e. The quantitative estimate of drug-likeness (QED) is 0.340. The van der Waals surface area contributed by atoms with Gasteiger partial charge in [-0.05, 0) is 36.5 Å². The largest absolute Gasteiger partial charge is 0.442 e. The number of rotatable bonds is 7. The molecular weight excluding hydrogens is 471 g/mol. The lowest BCUT2D eigenvalue weighted by Crippen LogP contribution is -2.46. The van der Waals surface area contributed by atoms with Gasteiger partial charge in [-0.2, -0.15) is 0 Å². The summed E-state index contributed by atoms with van der Waals surface area (Å²) in [5.74, 6) is -0.410. The Labute approximate surface area is 198 Å². The van der Waals surface area contributed by atoms with Crippen molar-refractivity contribution in [3.8, 4) is 0 Å². The average Bonchev–Trinajstić information content (AvgIpc) is 3.39. The van der Waals surface area contributed by atoms with Crippen LogP contribution >= 0.6 is 23.6 Å². The maximum Gasteiger partial charge on any atom is 0.414 e. The molecule has 2 fully saturated rings. The minimum atomic E-state index is -0.542. The molecule has 176 valence electrons. The summed E-state index contributed by atoms with van der Waals surface area (Å²) < 4.78 is 20.2. The van der Waals surface area contributed by atoms with E-state index in [-0.39, 0.29) is 21.6 Å². The summed E-state index contributed by atoms with van der Waals surface area (Å²) in [6, 6.07) is 8.03. The predicted octanol–water partition coefficient (Wildman–Crippen LogP) is 2.28. The van der Waals surface area contributed by atoms with E-state index in [9.17, 15) is 19.3 Å². The fourth-order valence-corrected chi connectivity index (χ4v) is 4.84. The number of benzene rings is 1. The first kappa shape index (κ1) is 23.1. The SMILES string of the molecule is NC(=S)NCC1CN(c2ccc(N3CCN(Cc4ccc([N+](=O)[O-])s4)CC3)c(F)c2)C(=O)O1. The number of nitro groups is 1. The van der Waals surface area contributed by atoms with E-state index in [1.54, 1.807) is 18.2 Å². The van der Waals surface area contributed by atoms with E-state index in [2.05, 4.69) is 10.2 Å². The second kappa shape index (κ2) is 9.85. The number of cyclic esters (lactones) is 1. The minimum absolute atomic E-state index is 0.122. The lowest BCUT2D eigenvalue weighted by Gasteiger charge is -2.36. The molecule has 4 rings (SSSR count). The highest BCUT2D eigenvalue weighted by Crippen LogP contribution is 2.29. The zero-order chi connectivity index (χ0) is 23.5. The van der Waals surface area contributed by atoms with Crippen LogP contribution < -0.4 is 20.9 Å². The van der Waals surface area contributed by atoms with Crippen molar-refractivity contribution in [3.05, 3.63) is 51.1 Å². The first-order valence-electron chi connectivity index (χ1n) is 10.3. The molecule has 0 aliphatic carbocycles. The third-order valence-corrected chi connectivity index (χ3v) is 6.71. The summed E-state index contributed by atoms with van der Waals surface area (Å²) in [6.07, 6.45) is -0.973. The number of thiocarbonyl (C=S) groups is 1. The van der Waals surface area contributed by atoms with Gasteiger partial charge in [0.2, 0.25) is 0 Å². The zero-order valence-corrected chi connectivity index (χ0v) is 19.2.